The molecule has 8 nitrogen and oxygen atoms in total. The lowest BCUT2D eigenvalue weighted by atomic mass is 10.1. The Morgan fingerprint density at radius 3 is 2.89 bits per heavy atom. The summed E-state index contributed by atoms with van der Waals surface area (Å²) in [6.07, 6.45) is 3.40. The summed E-state index contributed by atoms with van der Waals surface area (Å²) in [7, 11) is 0. The Hall–Kier alpha value is -3.39. The third-order valence-corrected chi connectivity index (χ3v) is 4.45. The van der Waals surface area contributed by atoms with E-state index in [-0.39, 0.29) is 0 Å². The van der Waals surface area contributed by atoms with Gasteiger partial charge in [0.15, 0.2) is 0 Å². The smallest absolute Gasteiger partial charge is 0.230 e. The summed E-state index contributed by atoms with van der Waals surface area (Å²) in [4.78, 5) is 11.0. The number of anilines is 3. The fourth-order valence-electron chi connectivity index (χ4n) is 3.06. The van der Waals surface area contributed by atoms with Gasteiger partial charge in [0.25, 0.3) is 0 Å². The van der Waals surface area contributed by atoms with Crippen LogP contribution in [0.25, 0.3) is 22.2 Å². The fraction of sp³-hybridized carbons (Fsp3) is 0.211. The summed E-state index contributed by atoms with van der Waals surface area (Å²) in [6.45, 7) is 2.94. The molecule has 0 amide bonds. The van der Waals surface area contributed by atoms with Crippen molar-refractivity contribution < 1.29 is 13.7 Å². The van der Waals surface area contributed by atoms with Crippen LogP contribution in [0.5, 0.6) is 0 Å². The highest BCUT2D eigenvalue weighted by molar-refractivity contribution is 5.83. The first-order valence-electron chi connectivity index (χ1n) is 8.72. The van der Waals surface area contributed by atoms with E-state index in [1.54, 1.807) is 18.5 Å². The molecule has 5 rings (SSSR count). The van der Waals surface area contributed by atoms with Gasteiger partial charge in [-0.1, -0.05) is 5.16 Å². The highest BCUT2D eigenvalue weighted by atomic mass is 16.5. The molecule has 0 bridgehead atoms. The number of fused-ring (bicyclic) bond motifs is 1. The van der Waals surface area contributed by atoms with Crippen LogP contribution in [-0.2, 0) is 4.74 Å². The molecule has 0 unspecified atom stereocenters. The Morgan fingerprint density at radius 1 is 1.04 bits per heavy atom. The van der Waals surface area contributed by atoms with E-state index >= 15 is 0 Å². The Kier molecular flexibility index (Phi) is 3.95. The van der Waals surface area contributed by atoms with E-state index in [9.17, 15) is 0 Å². The monoisotopic (exact) mass is 363 g/mol. The summed E-state index contributed by atoms with van der Waals surface area (Å²) in [6, 6.07) is 11.5. The van der Waals surface area contributed by atoms with Crippen LogP contribution in [0.3, 0.4) is 0 Å². The quantitative estimate of drug-likeness (QED) is 0.590. The number of morpholine rings is 1. The lowest BCUT2D eigenvalue weighted by molar-refractivity contribution is 0.122. The second-order valence-corrected chi connectivity index (χ2v) is 6.22. The van der Waals surface area contributed by atoms with Crippen molar-refractivity contribution in [1.82, 2.24) is 15.1 Å². The topological polar surface area (TPSA) is 89.5 Å². The number of ether oxygens (including phenoxy) is 1. The van der Waals surface area contributed by atoms with Crippen molar-refractivity contribution in [3.05, 3.63) is 48.9 Å². The molecular weight excluding hydrogens is 346 g/mol. The molecule has 4 aromatic rings. The van der Waals surface area contributed by atoms with Gasteiger partial charge in [-0.15, -0.1) is 0 Å². The van der Waals surface area contributed by atoms with Gasteiger partial charge in [0.2, 0.25) is 11.8 Å². The van der Waals surface area contributed by atoms with E-state index < -0.39 is 0 Å². The van der Waals surface area contributed by atoms with Gasteiger partial charge < -0.3 is 23.9 Å². The van der Waals surface area contributed by atoms with Crippen molar-refractivity contribution in [2.45, 2.75) is 0 Å². The number of benzene rings is 1. The van der Waals surface area contributed by atoms with Gasteiger partial charge in [-0.05, 0) is 30.3 Å². The maximum Gasteiger partial charge on any atom is 0.230 e. The largest absolute Gasteiger partial charge is 0.464 e. The summed E-state index contributed by atoms with van der Waals surface area (Å²) in [5, 5.41) is 8.32. The van der Waals surface area contributed by atoms with Crippen molar-refractivity contribution >= 4 is 28.6 Å². The molecule has 1 aromatic carbocycles. The maximum atomic E-state index is 5.42. The average Bonchev–Trinajstić information content (AvgIpc) is 3.37. The molecule has 1 saturated heterocycles. The van der Waals surface area contributed by atoms with Crippen molar-refractivity contribution in [3.8, 4) is 11.3 Å². The third-order valence-electron chi connectivity index (χ3n) is 4.45. The number of hydrogen-bond donors (Lipinski definition) is 1. The normalized spacial score (nSPS) is 14.6. The second kappa shape index (κ2) is 6.73. The first-order valence-corrected chi connectivity index (χ1v) is 8.72. The standard InChI is InChI=1S/C19H17N5O3/c1-2-16-14(4-8-26-16)11-13(1)15-12-18(27-23-15)21-17-3-5-20-19(22-17)24-6-9-25-10-7-24/h1-5,8,11-12H,6-7,9-10H2,(H,20,21,22). The Balaban J connectivity index is 1.35. The lowest BCUT2D eigenvalue weighted by Crippen LogP contribution is -2.37. The minimum Gasteiger partial charge on any atom is -0.464 e. The molecule has 4 heterocycles. The summed E-state index contributed by atoms with van der Waals surface area (Å²) >= 11 is 0. The van der Waals surface area contributed by atoms with Gasteiger partial charge in [0, 0.05) is 36.3 Å². The first-order chi connectivity index (χ1) is 13.3. The first kappa shape index (κ1) is 15.8. The molecule has 8 heteroatoms. The van der Waals surface area contributed by atoms with Crippen LogP contribution < -0.4 is 10.2 Å². The number of aromatic nitrogens is 3. The van der Waals surface area contributed by atoms with Gasteiger partial charge in [-0.2, -0.15) is 4.98 Å². The number of hydrogen-bond acceptors (Lipinski definition) is 8. The fourth-order valence-corrected chi connectivity index (χ4v) is 3.06. The SMILES string of the molecule is c1cc(Nc2cc(-c3ccc4occc4c3)no2)nc(N2CCOCC2)n1. The molecule has 136 valence electrons. The number of nitrogens with zero attached hydrogens (tertiary/aromatic N) is 4. The van der Waals surface area contributed by atoms with E-state index in [1.807, 2.05) is 30.3 Å². The van der Waals surface area contributed by atoms with Crippen molar-refractivity contribution in [3.63, 3.8) is 0 Å². The number of nitrogens with one attached hydrogen (secondary N) is 1. The zero-order chi connectivity index (χ0) is 18.1. The van der Waals surface area contributed by atoms with Crippen LogP contribution in [0.2, 0.25) is 0 Å². The summed E-state index contributed by atoms with van der Waals surface area (Å²) in [5.41, 5.74) is 2.54. The average molecular weight is 363 g/mol. The van der Waals surface area contributed by atoms with Crippen molar-refractivity contribution in [1.29, 1.82) is 0 Å². The van der Waals surface area contributed by atoms with Gasteiger partial charge in [-0.25, -0.2) is 4.98 Å². The molecule has 0 radical (unpaired) electrons. The molecule has 1 aliphatic heterocycles. The van der Waals surface area contributed by atoms with Crippen molar-refractivity contribution in [2.24, 2.45) is 0 Å². The van der Waals surface area contributed by atoms with Crippen LogP contribution >= 0.6 is 0 Å². The highest BCUT2D eigenvalue weighted by Gasteiger charge is 2.15. The van der Waals surface area contributed by atoms with E-state index in [0.717, 1.165) is 35.3 Å². The number of rotatable bonds is 4. The van der Waals surface area contributed by atoms with Gasteiger partial charge >= 0.3 is 0 Å². The van der Waals surface area contributed by atoms with Gasteiger partial charge in [0.1, 0.15) is 17.1 Å². The van der Waals surface area contributed by atoms with E-state index in [1.165, 1.54) is 0 Å². The summed E-state index contributed by atoms with van der Waals surface area (Å²) < 4.78 is 16.2. The molecule has 0 aliphatic carbocycles. The van der Waals surface area contributed by atoms with Gasteiger partial charge in [-0.3, -0.25) is 0 Å². The minimum atomic E-state index is 0.518. The van der Waals surface area contributed by atoms with E-state index in [4.69, 9.17) is 13.7 Å². The Labute approximate surface area is 154 Å². The van der Waals surface area contributed by atoms with Gasteiger partial charge in [0.05, 0.1) is 19.5 Å². The minimum absolute atomic E-state index is 0.518. The molecule has 0 saturated carbocycles. The van der Waals surface area contributed by atoms with E-state index in [2.05, 4.69) is 25.3 Å². The molecule has 1 N–H and O–H groups in total. The molecular formula is C19H17N5O3. The molecule has 0 atom stereocenters. The van der Waals surface area contributed by atoms with Crippen LogP contribution in [-0.4, -0.2) is 41.4 Å². The third kappa shape index (κ3) is 3.22. The molecule has 27 heavy (non-hydrogen) atoms. The zero-order valence-electron chi connectivity index (χ0n) is 14.5. The molecule has 0 spiro atoms. The second-order valence-electron chi connectivity index (χ2n) is 6.22. The molecule has 1 aliphatic rings. The van der Waals surface area contributed by atoms with Crippen LogP contribution in [0.15, 0.2) is 57.8 Å². The zero-order valence-corrected chi connectivity index (χ0v) is 14.5. The summed E-state index contributed by atoms with van der Waals surface area (Å²) in [5.74, 6) is 1.84. The lowest BCUT2D eigenvalue weighted by Gasteiger charge is -2.26. The van der Waals surface area contributed by atoms with Crippen LogP contribution in [0.4, 0.5) is 17.7 Å². The Morgan fingerprint density at radius 2 is 1.96 bits per heavy atom. The van der Waals surface area contributed by atoms with E-state index in [0.29, 0.717) is 30.9 Å². The van der Waals surface area contributed by atoms with Crippen LogP contribution in [0.1, 0.15) is 0 Å². The molecule has 1 fully saturated rings. The number of furan rings is 1. The molecule has 3 aromatic heterocycles. The Bertz CT molecular complexity index is 1070. The predicted molar refractivity (Wildman–Crippen MR) is 100 cm³/mol. The van der Waals surface area contributed by atoms with Crippen molar-refractivity contribution in [2.75, 3.05) is 36.5 Å². The predicted octanol–water partition coefficient (Wildman–Crippen LogP) is 3.46. The van der Waals surface area contributed by atoms with Crippen LogP contribution in [0, 0.1) is 0 Å². The maximum absolute atomic E-state index is 5.42. The highest BCUT2D eigenvalue weighted by Crippen LogP contribution is 2.27.